The summed E-state index contributed by atoms with van der Waals surface area (Å²) < 4.78 is 0. The Balaban J connectivity index is 1.13. The van der Waals surface area contributed by atoms with Crippen LogP contribution in [0.25, 0.3) is 22.4 Å². The van der Waals surface area contributed by atoms with Crippen molar-refractivity contribution in [1.82, 2.24) is 15.1 Å². The second-order valence-electron chi connectivity index (χ2n) is 13.1. The summed E-state index contributed by atoms with van der Waals surface area (Å²) >= 11 is 0. The molecule has 220 valence electrons. The van der Waals surface area contributed by atoms with E-state index in [0.717, 1.165) is 66.5 Å². The third-order valence-corrected chi connectivity index (χ3v) is 9.38. The number of hydrogen-bond donors (Lipinski definition) is 3. The molecule has 42 heavy (non-hydrogen) atoms. The number of nitrogens with one attached hydrogen (secondary N) is 1. The van der Waals surface area contributed by atoms with E-state index >= 15 is 0 Å². The predicted octanol–water partition coefficient (Wildman–Crippen LogP) is 5.27. The number of nitrogens with zero attached hydrogens (tertiary/aromatic N) is 3. The number of carbonyl (C=O) groups excluding carboxylic acids is 2. The molecule has 0 aliphatic heterocycles. The van der Waals surface area contributed by atoms with E-state index in [9.17, 15) is 14.7 Å². The standard InChI is InChI=1S/C34H41N5O3/c1-33(42)20-34(35,21-33)26-14-12-24(13-15-26)31-28(23-6-4-3-5-7-23)19-29(37-38-31)36-30(40)18-22-8-16-27(17-9-22)39(2)32(41)25-10-11-25/h3-7,12-15,19,22,25,27,42H,8-11,16-18,20-21,35H2,1-2H3,(H,36,37,40)/t22-,27-,33?,34?. The molecule has 0 bridgehead atoms. The maximum Gasteiger partial charge on any atom is 0.225 e. The Morgan fingerprint density at radius 1 is 0.952 bits per heavy atom. The number of hydrogen-bond acceptors (Lipinski definition) is 6. The molecule has 3 saturated carbocycles. The monoisotopic (exact) mass is 567 g/mol. The van der Waals surface area contributed by atoms with Crippen LogP contribution in [0.2, 0.25) is 0 Å². The van der Waals surface area contributed by atoms with E-state index < -0.39 is 11.1 Å². The third kappa shape index (κ3) is 6.10. The average Bonchev–Trinajstić information content (AvgIpc) is 3.82. The van der Waals surface area contributed by atoms with Crippen molar-refractivity contribution in [2.45, 2.75) is 81.9 Å². The average molecular weight is 568 g/mol. The second kappa shape index (κ2) is 11.2. The van der Waals surface area contributed by atoms with Crippen LogP contribution in [-0.4, -0.2) is 50.7 Å². The van der Waals surface area contributed by atoms with Crippen molar-refractivity contribution in [1.29, 1.82) is 0 Å². The van der Waals surface area contributed by atoms with Crippen LogP contribution < -0.4 is 11.1 Å². The van der Waals surface area contributed by atoms with Gasteiger partial charge in [-0.15, -0.1) is 10.2 Å². The molecular formula is C34H41N5O3. The van der Waals surface area contributed by atoms with Gasteiger partial charge in [0.15, 0.2) is 5.82 Å². The summed E-state index contributed by atoms with van der Waals surface area (Å²) in [5.41, 5.74) is 9.79. The first-order chi connectivity index (χ1) is 20.1. The van der Waals surface area contributed by atoms with Gasteiger partial charge in [-0.1, -0.05) is 54.6 Å². The number of carbonyl (C=O) groups is 2. The Hall–Kier alpha value is -3.62. The minimum atomic E-state index is -0.717. The molecule has 0 saturated heterocycles. The number of benzene rings is 2. The highest BCUT2D eigenvalue weighted by atomic mass is 16.3. The molecule has 3 aromatic rings. The number of anilines is 1. The van der Waals surface area contributed by atoms with Gasteiger partial charge in [0.1, 0.15) is 5.69 Å². The summed E-state index contributed by atoms with van der Waals surface area (Å²) in [6.07, 6.45) is 7.33. The summed E-state index contributed by atoms with van der Waals surface area (Å²) in [6, 6.07) is 20.2. The molecule has 1 heterocycles. The minimum Gasteiger partial charge on any atom is -0.390 e. The molecule has 3 aliphatic carbocycles. The van der Waals surface area contributed by atoms with Crippen molar-refractivity contribution in [3.63, 3.8) is 0 Å². The van der Waals surface area contributed by atoms with Crippen LogP contribution in [0, 0.1) is 11.8 Å². The first kappa shape index (κ1) is 28.5. The van der Waals surface area contributed by atoms with Crippen LogP contribution in [0.1, 0.15) is 70.3 Å². The zero-order chi connectivity index (χ0) is 29.5. The summed E-state index contributed by atoms with van der Waals surface area (Å²) in [7, 11) is 1.94. The number of aliphatic hydroxyl groups is 1. The molecule has 2 aromatic carbocycles. The highest BCUT2D eigenvalue weighted by Gasteiger charge is 2.49. The molecule has 1 aromatic heterocycles. The topological polar surface area (TPSA) is 121 Å². The van der Waals surface area contributed by atoms with E-state index in [-0.39, 0.29) is 17.9 Å². The number of amides is 2. The van der Waals surface area contributed by atoms with Gasteiger partial charge in [0.25, 0.3) is 0 Å². The molecule has 6 rings (SSSR count). The molecule has 0 atom stereocenters. The lowest BCUT2D eigenvalue weighted by Gasteiger charge is -2.49. The molecule has 0 spiro atoms. The van der Waals surface area contributed by atoms with Crippen molar-refractivity contribution in [3.05, 3.63) is 66.2 Å². The molecule has 0 radical (unpaired) electrons. The van der Waals surface area contributed by atoms with Gasteiger partial charge < -0.3 is 21.1 Å². The normalized spacial score (nSPS) is 27.1. The molecule has 8 nitrogen and oxygen atoms in total. The Morgan fingerprint density at radius 2 is 1.62 bits per heavy atom. The van der Waals surface area contributed by atoms with E-state index in [1.165, 1.54) is 0 Å². The van der Waals surface area contributed by atoms with Crippen molar-refractivity contribution in [2.75, 3.05) is 12.4 Å². The van der Waals surface area contributed by atoms with Gasteiger partial charge in [0.2, 0.25) is 11.8 Å². The van der Waals surface area contributed by atoms with Gasteiger partial charge in [-0.3, -0.25) is 9.59 Å². The quantitative estimate of drug-likeness (QED) is 0.341. The van der Waals surface area contributed by atoms with Gasteiger partial charge in [0.05, 0.1) is 5.60 Å². The van der Waals surface area contributed by atoms with Crippen molar-refractivity contribution >= 4 is 17.6 Å². The van der Waals surface area contributed by atoms with Gasteiger partial charge in [-0.2, -0.15) is 0 Å². The lowest BCUT2D eigenvalue weighted by Crippen LogP contribution is -2.58. The van der Waals surface area contributed by atoms with Crippen molar-refractivity contribution < 1.29 is 14.7 Å². The number of aromatic nitrogens is 2. The summed E-state index contributed by atoms with van der Waals surface area (Å²) in [5, 5.41) is 22.2. The van der Waals surface area contributed by atoms with E-state index in [2.05, 4.69) is 15.5 Å². The maximum absolute atomic E-state index is 13.0. The van der Waals surface area contributed by atoms with Gasteiger partial charge in [-0.25, -0.2) is 0 Å². The largest absolute Gasteiger partial charge is 0.390 e. The van der Waals surface area contributed by atoms with Crippen LogP contribution >= 0.6 is 0 Å². The Kier molecular flexibility index (Phi) is 7.62. The highest BCUT2D eigenvalue weighted by molar-refractivity contribution is 5.91. The van der Waals surface area contributed by atoms with E-state index in [0.29, 0.717) is 36.9 Å². The first-order valence-corrected chi connectivity index (χ1v) is 15.2. The fourth-order valence-electron chi connectivity index (χ4n) is 6.97. The summed E-state index contributed by atoms with van der Waals surface area (Å²) in [6.45, 7) is 1.82. The molecule has 3 fully saturated rings. The fraction of sp³-hybridized carbons (Fsp3) is 0.471. The molecule has 8 heteroatoms. The Labute approximate surface area is 247 Å². The van der Waals surface area contributed by atoms with Crippen LogP contribution in [0.5, 0.6) is 0 Å². The smallest absolute Gasteiger partial charge is 0.225 e. The van der Waals surface area contributed by atoms with E-state index in [4.69, 9.17) is 5.73 Å². The van der Waals surface area contributed by atoms with Gasteiger partial charge >= 0.3 is 0 Å². The van der Waals surface area contributed by atoms with Crippen LogP contribution in [0.3, 0.4) is 0 Å². The van der Waals surface area contributed by atoms with Gasteiger partial charge in [0, 0.05) is 42.1 Å². The van der Waals surface area contributed by atoms with Crippen LogP contribution in [-0.2, 0) is 15.1 Å². The van der Waals surface area contributed by atoms with Crippen LogP contribution in [0.15, 0.2) is 60.7 Å². The fourth-order valence-corrected chi connectivity index (χ4v) is 6.97. The van der Waals surface area contributed by atoms with E-state index in [1.54, 1.807) is 0 Å². The summed E-state index contributed by atoms with van der Waals surface area (Å²) in [4.78, 5) is 27.4. The first-order valence-electron chi connectivity index (χ1n) is 15.2. The Bertz CT molecular complexity index is 1440. The second-order valence-corrected chi connectivity index (χ2v) is 13.1. The molecule has 4 N–H and O–H groups in total. The number of rotatable bonds is 8. The molecule has 0 unspecified atom stereocenters. The zero-order valence-corrected chi connectivity index (χ0v) is 24.6. The lowest BCUT2D eigenvalue weighted by atomic mass is 9.63. The Morgan fingerprint density at radius 3 is 2.24 bits per heavy atom. The minimum absolute atomic E-state index is 0.0594. The zero-order valence-electron chi connectivity index (χ0n) is 24.6. The SMILES string of the molecule is CN(C(=O)C1CC1)[C@H]1CC[C@H](CC(=O)Nc2cc(-c3ccccc3)c(-c3ccc(C4(N)CC(C)(O)C4)cc3)nn2)CC1. The highest BCUT2D eigenvalue weighted by Crippen LogP contribution is 2.46. The van der Waals surface area contributed by atoms with Crippen molar-refractivity contribution in [2.24, 2.45) is 17.6 Å². The predicted molar refractivity (Wildman–Crippen MR) is 163 cm³/mol. The lowest BCUT2D eigenvalue weighted by molar-refractivity contribution is -0.134. The molecule has 3 aliphatic rings. The van der Waals surface area contributed by atoms with Crippen molar-refractivity contribution in [3.8, 4) is 22.4 Å². The number of nitrogens with two attached hydrogens (primary N) is 1. The van der Waals surface area contributed by atoms with Gasteiger partial charge in [-0.05, 0) is 81.4 Å². The third-order valence-electron chi connectivity index (χ3n) is 9.38. The van der Waals surface area contributed by atoms with Crippen LogP contribution in [0.4, 0.5) is 5.82 Å². The van der Waals surface area contributed by atoms with E-state index in [1.807, 2.05) is 79.5 Å². The molecular weight excluding hydrogens is 526 g/mol. The summed E-state index contributed by atoms with van der Waals surface area (Å²) in [5.74, 6) is 1.21. The molecule has 2 amide bonds. The maximum atomic E-state index is 13.0.